The highest BCUT2D eigenvalue weighted by atomic mass is 35.5. The molecule has 1 saturated heterocycles. The topological polar surface area (TPSA) is 20.3 Å². The highest BCUT2D eigenvalue weighted by molar-refractivity contribution is 6.55. The molecule has 0 radical (unpaired) electrons. The van der Waals surface area contributed by atoms with Gasteiger partial charge >= 0.3 is 0 Å². The van der Waals surface area contributed by atoms with E-state index in [0.717, 1.165) is 31.8 Å². The van der Waals surface area contributed by atoms with Gasteiger partial charge in [0.2, 0.25) is 5.91 Å². The number of hydrogen-bond acceptors (Lipinski definition) is 1. The predicted molar refractivity (Wildman–Crippen MR) is 75.5 cm³/mol. The van der Waals surface area contributed by atoms with Gasteiger partial charge in [-0.15, -0.1) is 0 Å². The Morgan fingerprint density at radius 3 is 2.33 bits per heavy atom. The van der Waals surface area contributed by atoms with Gasteiger partial charge in [-0.25, -0.2) is 0 Å². The molecule has 2 aliphatic rings. The van der Waals surface area contributed by atoms with Crippen LogP contribution in [0, 0.1) is 23.2 Å². The average Bonchev–Trinajstić information content (AvgIpc) is 2.79. The van der Waals surface area contributed by atoms with E-state index in [1.54, 1.807) is 0 Å². The summed E-state index contributed by atoms with van der Waals surface area (Å²) in [5.41, 5.74) is -0.00479. The first-order chi connectivity index (χ1) is 8.34. The number of rotatable bonds is 2. The van der Waals surface area contributed by atoms with Crippen molar-refractivity contribution >= 4 is 29.1 Å². The molecule has 0 aromatic heterocycles. The summed E-state index contributed by atoms with van der Waals surface area (Å²) in [6.45, 7) is 8.27. The molecule has 0 bridgehead atoms. The molecular weight excluding hydrogens is 269 g/mol. The van der Waals surface area contributed by atoms with E-state index >= 15 is 0 Å². The number of carbonyl (C=O) groups is 1. The Kier molecular flexibility index (Phi) is 3.99. The van der Waals surface area contributed by atoms with Gasteiger partial charge < -0.3 is 4.90 Å². The molecule has 4 heteroatoms. The second kappa shape index (κ2) is 5.05. The third-order valence-corrected chi connectivity index (χ3v) is 4.83. The second-order valence-electron chi connectivity index (χ2n) is 6.29. The highest BCUT2D eigenvalue weighted by Crippen LogP contribution is 2.60. The molecule has 2 nitrogen and oxygen atoms in total. The summed E-state index contributed by atoms with van der Waals surface area (Å²) in [6, 6.07) is 0. The molecule has 102 valence electrons. The molecule has 2 atom stereocenters. The Labute approximate surface area is 119 Å². The standard InChI is InChI=1S/C14H21Cl2NO/c1-9-4-6-17(7-5-9)13(18)12-10(8-11(15)16)14(12,2)3/h8-10,12H,4-7H2,1-3H3. The fourth-order valence-corrected chi connectivity index (χ4v) is 3.29. The van der Waals surface area contributed by atoms with Crippen LogP contribution in [0.2, 0.25) is 0 Å². The summed E-state index contributed by atoms with van der Waals surface area (Å²) in [5.74, 6) is 1.27. The average molecular weight is 290 g/mol. The Bertz CT molecular complexity index is 366. The van der Waals surface area contributed by atoms with E-state index in [0.29, 0.717) is 0 Å². The number of piperidine rings is 1. The van der Waals surface area contributed by atoms with E-state index in [1.165, 1.54) is 0 Å². The van der Waals surface area contributed by atoms with Gasteiger partial charge in [0.15, 0.2) is 0 Å². The molecule has 2 unspecified atom stereocenters. The van der Waals surface area contributed by atoms with E-state index < -0.39 is 0 Å². The summed E-state index contributed by atoms with van der Waals surface area (Å²) in [6.07, 6.45) is 4.06. The summed E-state index contributed by atoms with van der Waals surface area (Å²) in [5, 5.41) is 0. The molecule has 1 aliphatic heterocycles. The van der Waals surface area contributed by atoms with Crippen molar-refractivity contribution in [2.45, 2.75) is 33.6 Å². The van der Waals surface area contributed by atoms with E-state index in [9.17, 15) is 4.79 Å². The zero-order chi connectivity index (χ0) is 13.5. The van der Waals surface area contributed by atoms with Crippen LogP contribution in [0.25, 0.3) is 0 Å². The van der Waals surface area contributed by atoms with Crippen molar-refractivity contribution in [3.8, 4) is 0 Å². The van der Waals surface area contributed by atoms with Crippen LogP contribution in [-0.2, 0) is 4.79 Å². The van der Waals surface area contributed by atoms with E-state index in [2.05, 4.69) is 20.8 Å². The van der Waals surface area contributed by atoms with Crippen LogP contribution in [-0.4, -0.2) is 23.9 Å². The van der Waals surface area contributed by atoms with Crippen molar-refractivity contribution in [3.05, 3.63) is 10.6 Å². The lowest BCUT2D eigenvalue weighted by Gasteiger charge is -2.30. The van der Waals surface area contributed by atoms with Crippen molar-refractivity contribution < 1.29 is 4.79 Å². The van der Waals surface area contributed by atoms with Crippen molar-refractivity contribution in [2.75, 3.05) is 13.1 Å². The predicted octanol–water partition coefficient (Wildman–Crippen LogP) is 3.84. The number of carbonyl (C=O) groups excluding carboxylic acids is 1. The molecule has 0 N–H and O–H groups in total. The van der Waals surface area contributed by atoms with E-state index in [-0.39, 0.29) is 27.6 Å². The Balaban J connectivity index is 2.00. The molecule has 1 aliphatic carbocycles. The first-order valence-corrected chi connectivity index (χ1v) is 7.41. The molecule has 0 aromatic rings. The molecule has 1 saturated carbocycles. The number of likely N-dealkylation sites (tertiary alicyclic amines) is 1. The third-order valence-electron chi connectivity index (χ3n) is 4.58. The van der Waals surface area contributed by atoms with Crippen LogP contribution >= 0.6 is 23.2 Å². The van der Waals surface area contributed by atoms with Crippen LogP contribution in [0.5, 0.6) is 0 Å². The zero-order valence-corrected chi connectivity index (χ0v) is 12.8. The SMILES string of the molecule is CC1CCN(C(=O)C2C(C=C(Cl)Cl)C2(C)C)CC1. The molecule has 2 rings (SSSR count). The van der Waals surface area contributed by atoms with Gasteiger partial charge in [0, 0.05) is 13.1 Å². The number of allylic oxidation sites excluding steroid dienone is 1. The molecule has 0 aromatic carbocycles. The van der Waals surface area contributed by atoms with Gasteiger partial charge in [-0.3, -0.25) is 4.79 Å². The number of hydrogen-bond donors (Lipinski definition) is 0. The molecule has 18 heavy (non-hydrogen) atoms. The first kappa shape index (κ1) is 14.2. The summed E-state index contributed by atoms with van der Waals surface area (Å²) >= 11 is 11.4. The molecule has 1 heterocycles. The minimum Gasteiger partial charge on any atom is -0.342 e. The quantitative estimate of drug-likeness (QED) is 0.756. The number of amides is 1. The van der Waals surface area contributed by atoms with Crippen LogP contribution in [0.15, 0.2) is 10.6 Å². The summed E-state index contributed by atoms with van der Waals surface area (Å²) in [4.78, 5) is 14.5. The van der Waals surface area contributed by atoms with Crippen LogP contribution in [0.1, 0.15) is 33.6 Å². The van der Waals surface area contributed by atoms with Crippen molar-refractivity contribution in [1.82, 2.24) is 4.90 Å². The van der Waals surface area contributed by atoms with E-state index in [4.69, 9.17) is 23.2 Å². The molecule has 2 fully saturated rings. The monoisotopic (exact) mass is 289 g/mol. The number of halogens is 2. The smallest absolute Gasteiger partial charge is 0.226 e. The fraction of sp³-hybridized carbons (Fsp3) is 0.786. The zero-order valence-electron chi connectivity index (χ0n) is 11.2. The summed E-state index contributed by atoms with van der Waals surface area (Å²) in [7, 11) is 0. The molecular formula is C14H21Cl2NO. The Hall–Kier alpha value is -0.210. The van der Waals surface area contributed by atoms with Gasteiger partial charge in [-0.1, -0.05) is 44.0 Å². The fourth-order valence-electron chi connectivity index (χ4n) is 3.02. The van der Waals surface area contributed by atoms with Crippen LogP contribution < -0.4 is 0 Å². The Morgan fingerprint density at radius 1 is 1.28 bits per heavy atom. The second-order valence-corrected chi connectivity index (χ2v) is 7.30. The minimum absolute atomic E-state index is 0.00479. The molecule has 1 amide bonds. The molecule has 0 spiro atoms. The number of nitrogens with zero attached hydrogens (tertiary/aromatic N) is 1. The normalized spacial score (nSPS) is 31.1. The van der Waals surface area contributed by atoms with Gasteiger partial charge in [-0.05, 0) is 36.2 Å². The lowest BCUT2D eigenvalue weighted by molar-refractivity contribution is -0.134. The van der Waals surface area contributed by atoms with Gasteiger partial charge in [0.05, 0.1) is 5.92 Å². The van der Waals surface area contributed by atoms with Crippen molar-refractivity contribution in [1.29, 1.82) is 0 Å². The van der Waals surface area contributed by atoms with Gasteiger partial charge in [0.25, 0.3) is 0 Å². The van der Waals surface area contributed by atoms with Crippen molar-refractivity contribution in [3.63, 3.8) is 0 Å². The largest absolute Gasteiger partial charge is 0.342 e. The van der Waals surface area contributed by atoms with E-state index in [1.807, 2.05) is 11.0 Å². The maximum atomic E-state index is 12.5. The lowest BCUT2D eigenvalue weighted by atomic mass is 9.98. The maximum Gasteiger partial charge on any atom is 0.226 e. The van der Waals surface area contributed by atoms with Crippen LogP contribution in [0.3, 0.4) is 0 Å². The first-order valence-electron chi connectivity index (χ1n) is 6.65. The minimum atomic E-state index is -0.00479. The van der Waals surface area contributed by atoms with Gasteiger partial charge in [-0.2, -0.15) is 0 Å². The van der Waals surface area contributed by atoms with Crippen LogP contribution in [0.4, 0.5) is 0 Å². The van der Waals surface area contributed by atoms with Gasteiger partial charge in [0.1, 0.15) is 4.49 Å². The maximum absolute atomic E-state index is 12.5. The lowest BCUT2D eigenvalue weighted by Crippen LogP contribution is -2.39. The van der Waals surface area contributed by atoms with Crippen molar-refractivity contribution in [2.24, 2.45) is 23.2 Å². The Morgan fingerprint density at radius 2 is 1.83 bits per heavy atom. The third kappa shape index (κ3) is 2.70. The summed E-state index contributed by atoms with van der Waals surface area (Å²) < 4.78 is 0.274. The highest BCUT2D eigenvalue weighted by Gasteiger charge is 2.61.